The Balaban J connectivity index is 2.16. The lowest BCUT2D eigenvalue weighted by atomic mass is 10.2. The van der Waals surface area contributed by atoms with Gasteiger partial charge in [-0.2, -0.15) is 0 Å². The van der Waals surface area contributed by atoms with Crippen molar-refractivity contribution in [3.8, 4) is 5.75 Å². The van der Waals surface area contributed by atoms with Crippen LogP contribution < -0.4 is 10.3 Å². The molecule has 0 amide bonds. The highest BCUT2D eigenvalue weighted by atomic mass is 16.5. The van der Waals surface area contributed by atoms with Crippen molar-refractivity contribution in [2.45, 2.75) is 13.5 Å². The molecular weight excluding hydrogens is 216 g/mol. The predicted octanol–water partition coefficient (Wildman–Crippen LogP) is 1.67. The highest BCUT2D eigenvalue weighted by Crippen LogP contribution is 2.06. The van der Waals surface area contributed by atoms with E-state index < -0.39 is 0 Å². The Bertz CT molecular complexity index is 561. The van der Waals surface area contributed by atoms with Crippen LogP contribution in [0.15, 0.2) is 41.3 Å². The first-order chi connectivity index (χ1) is 8.18. The maximum Gasteiger partial charge on any atom is 0.295 e. The molecule has 0 saturated heterocycles. The van der Waals surface area contributed by atoms with Crippen molar-refractivity contribution in [2.75, 3.05) is 0 Å². The van der Waals surface area contributed by atoms with Crippen LogP contribution in [0.4, 0.5) is 0 Å². The summed E-state index contributed by atoms with van der Waals surface area (Å²) in [7, 11) is 1.68. The maximum atomic E-state index is 11.8. The van der Waals surface area contributed by atoms with Gasteiger partial charge in [0.1, 0.15) is 12.4 Å². The van der Waals surface area contributed by atoms with Crippen molar-refractivity contribution < 1.29 is 4.74 Å². The van der Waals surface area contributed by atoms with Crippen molar-refractivity contribution in [1.29, 1.82) is 0 Å². The van der Waals surface area contributed by atoms with Gasteiger partial charge in [0.15, 0.2) is 0 Å². The number of hydrogen-bond acceptors (Lipinski definition) is 3. The largest absolute Gasteiger partial charge is 0.482 e. The molecule has 0 saturated carbocycles. The summed E-state index contributed by atoms with van der Waals surface area (Å²) < 4.78 is 6.94. The third-order valence-corrected chi connectivity index (χ3v) is 2.61. The molecule has 0 atom stereocenters. The number of ether oxygens (including phenoxy) is 1. The minimum atomic E-state index is -0.159. The van der Waals surface area contributed by atoms with E-state index in [2.05, 4.69) is 4.98 Å². The van der Waals surface area contributed by atoms with Crippen molar-refractivity contribution in [3.05, 3.63) is 58.3 Å². The molecule has 0 aliphatic heterocycles. The molecule has 0 radical (unpaired) electrons. The summed E-state index contributed by atoms with van der Waals surface area (Å²) in [5.74, 6) is 0.948. The van der Waals surface area contributed by atoms with Gasteiger partial charge < -0.3 is 4.74 Å². The highest BCUT2D eigenvalue weighted by Gasteiger charge is 2.05. The quantitative estimate of drug-likeness (QED) is 0.805. The Labute approximate surface area is 99.5 Å². The Morgan fingerprint density at radius 3 is 2.71 bits per heavy atom. The van der Waals surface area contributed by atoms with Crippen molar-refractivity contribution in [1.82, 2.24) is 9.55 Å². The summed E-state index contributed by atoms with van der Waals surface area (Å²) >= 11 is 0. The Morgan fingerprint density at radius 2 is 2.00 bits per heavy atom. The lowest BCUT2D eigenvalue weighted by Crippen LogP contribution is -2.22. The van der Waals surface area contributed by atoms with Gasteiger partial charge >= 0.3 is 0 Å². The van der Waals surface area contributed by atoms with Crippen LogP contribution >= 0.6 is 0 Å². The van der Waals surface area contributed by atoms with Crippen molar-refractivity contribution in [2.24, 2.45) is 7.05 Å². The first kappa shape index (κ1) is 11.4. The summed E-state index contributed by atoms with van der Waals surface area (Å²) in [6.45, 7) is 2.16. The minimum absolute atomic E-state index is 0.159. The van der Waals surface area contributed by atoms with Gasteiger partial charge in [-0.15, -0.1) is 0 Å². The van der Waals surface area contributed by atoms with E-state index >= 15 is 0 Å². The molecule has 88 valence electrons. The molecule has 2 rings (SSSR count). The molecule has 0 spiro atoms. The number of nitrogens with zero attached hydrogens (tertiary/aromatic N) is 2. The Kier molecular flexibility index (Phi) is 3.23. The smallest absolute Gasteiger partial charge is 0.295 e. The average molecular weight is 230 g/mol. The average Bonchev–Trinajstić information content (AvgIpc) is 2.36. The molecule has 1 aromatic carbocycles. The van der Waals surface area contributed by atoms with E-state index in [1.165, 1.54) is 10.8 Å². The highest BCUT2D eigenvalue weighted by molar-refractivity contribution is 5.17. The van der Waals surface area contributed by atoms with Crippen LogP contribution in [0.5, 0.6) is 5.75 Å². The van der Waals surface area contributed by atoms with Crippen LogP contribution in [0.3, 0.4) is 0 Å². The molecule has 0 aliphatic rings. The van der Waals surface area contributed by atoms with Gasteiger partial charge in [0.05, 0.1) is 6.20 Å². The van der Waals surface area contributed by atoms with Crippen LogP contribution in [-0.2, 0) is 13.7 Å². The second-order valence-electron chi connectivity index (χ2n) is 3.81. The molecule has 2 aromatic rings. The fourth-order valence-electron chi connectivity index (χ4n) is 1.44. The fraction of sp³-hybridized carbons (Fsp3) is 0.231. The topological polar surface area (TPSA) is 44.1 Å². The first-order valence-electron chi connectivity index (χ1n) is 5.38. The summed E-state index contributed by atoms with van der Waals surface area (Å²) in [5, 5.41) is 0. The van der Waals surface area contributed by atoms with Gasteiger partial charge in [0.25, 0.3) is 5.56 Å². The number of hydrogen-bond donors (Lipinski definition) is 0. The van der Waals surface area contributed by atoms with E-state index in [9.17, 15) is 4.79 Å². The van der Waals surface area contributed by atoms with E-state index in [1.807, 2.05) is 30.3 Å². The molecule has 0 unspecified atom stereocenters. The third-order valence-electron chi connectivity index (χ3n) is 2.61. The zero-order chi connectivity index (χ0) is 12.3. The SMILES string of the molecule is Cc1ncc(OCc2ccccc2)c(=O)n1C. The summed E-state index contributed by atoms with van der Waals surface area (Å²) in [6.07, 6.45) is 1.47. The lowest BCUT2D eigenvalue weighted by molar-refractivity contribution is 0.297. The molecule has 4 heteroatoms. The second-order valence-corrected chi connectivity index (χ2v) is 3.81. The zero-order valence-electron chi connectivity index (χ0n) is 9.88. The molecular formula is C13H14N2O2. The summed E-state index contributed by atoms with van der Waals surface area (Å²) in [6, 6.07) is 9.71. The number of aromatic nitrogens is 2. The number of aryl methyl sites for hydroxylation is 1. The Hall–Kier alpha value is -2.10. The second kappa shape index (κ2) is 4.82. The van der Waals surface area contributed by atoms with Crippen molar-refractivity contribution >= 4 is 0 Å². The minimum Gasteiger partial charge on any atom is -0.482 e. The molecule has 0 bridgehead atoms. The molecule has 0 aliphatic carbocycles. The summed E-state index contributed by atoms with van der Waals surface area (Å²) in [5.41, 5.74) is 0.864. The van der Waals surface area contributed by atoms with Crippen LogP contribution in [0, 0.1) is 6.92 Å². The summed E-state index contributed by atoms with van der Waals surface area (Å²) in [4.78, 5) is 15.9. The van der Waals surface area contributed by atoms with Crippen LogP contribution in [0.1, 0.15) is 11.4 Å². The number of rotatable bonds is 3. The lowest BCUT2D eigenvalue weighted by Gasteiger charge is -2.07. The molecule has 4 nitrogen and oxygen atoms in total. The van der Waals surface area contributed by atoms with Crippen LogP contribution in [-0.4, -0.2) is 9.55 Å². The van der Waals surface area contributed by atoms with E-state index in [-0.39, 0.29) is 11.3 Å². The molecule has 0 N–H and O–H groups in total. The van der Waals surface area contributed by atoms with E-state index in [1.54, 1.807) is 14.0 Å². The third kappa shape index (κ3) is 2.53. The Morgan fingerprint density at radius 1 is 1.29 bits per heavy atom. The molecule has 1 heterocycles. The predicted molar refractivity (Wildman–Crippen MR) is 65.0 cm³/mol. The van der Waals surface area contributed by atoms with Gasteiger partial charge in [0.2, 0.25) is 5.75 Å². The molecule has 1 aromatic heterocycles. The normalized spacial score (nSPS) is 10.2. The van der Waals surface area contributed by atoms with Gasteiger partial charge in [-0.3, -0.25) is 9.36 Å². The molecule has 0 fully saturated rings. The molecule has 17 heavy (non-hydrogen) atoms. The fourth-order valence-corrected chi connectivity index (χ4v) is 1.44. The zero-order valence-corrected chi connectivity index (χ0v) is 9.88. The van der Waals surface area contributed by atoms with E-state index in [0.29, 0.717) is 12.4 Å². The van der Waals surface area contributed by atoms with Crippen LogP contribution in [0.25, 0.3) is 0 Å². The first-order valence-corrected chi connectivity index (χ1v) is 5.38. The van der Waals surface area contributed by atoms with Crippen LogP contribution in [0.2, 0.25) is 0 Å². The monoisotopic (exact) mass is 230 g/mol. The van der Waals surface area contributed by atoms with Gasteiger partial charge in [-0.05, 0) is 12.5 Å². The van der Waals surface area contributed by atoms with Gasteiger partial charge in [-0.25, -0.2) is 4.98 Å². The van der Waals surface area contributed by atoms with E-state index in [4.69, 9.17) is 4.74 Å². The van der Waals surface area contributed by atoms with Gasteiger partial charge in [-0.1, -0.05) is 30.3 Å². The number of benzene rings is 1. The van der Waals surface area contributed by atoms with Crippen molar-refractivity contribution in [3.63, 3.8) is 0 Å². The van der Waals surface area contributed by atoms with Gasteiger partial charge in [0, 0.05) is 7.05 Å². The van der Waals surface area contributed by atoms with E-state index in [0.717, 1.165) is 5.56 Å². The standard InChI is InChI=1S/C13H14N2O2/c1-10-14-8-12(13(16)15(10)2)17-9-11-6-4-3-5-7-11/h3-8H,9H2,1-2H3. The maximum absolute atomic E-state index is 11.8.